The summed E-state index contributed by atoms with van der Waals surface area (Å²) in [6.07, 6.45) is -0.0568. The van der Waals surface area contributed by atoms with E-state index in [1.807, 2.05) is 17.0 Å². The van der Waals surface area contributed by atoms with Gasteiger partial charge >= 0.3 is 0 Å². The molecule has 1 unspecified atom stereocenters. The zero-order valence-electron chi connectivity index (χ0n) is 11.6. The molecule has 3 N–H and O–H groups in total. The van der Waals surface area contributed by atoms with Crippen molar-refractivity contribution in [3.05, 3.63) is 24.3 Å². The third kappa shape index (κ3) is 3.29. The van der Waals surface area contributed by atoms with Crippen LogP contribution in [0.15, 0.2) is 29.2 Å². The van der Waals surface area contributed by atoms with E-state index in [2.05, 4.69) is 4.72 Å². The predicted octanol–water partition coefficient (Wildman–Crippen LogP) is 0.149. The number of benzene rings is 1. The Morgan fingerprint density at radius 3 is 2.90 bits per heavy atom. The van der Waals surface area contributed by atoms with Crippen LogP contribution >= 0.6 is 0 Å². The highest BCUT2D eigenvalue weighted by Gasteiger charge is 2.25. The highest BCUT2D eigenvalue weighted by molar-refractivity contribution is 7.89. The van der Waals surface area contributed by atoms with Gasteiger partial charge in [0.15, 0.2) is 0 Å². The molecule has 1 fully saturated rings. The second-order valence-electron chi connectivity index (χ2n) is 4.64. The van der Waals surface area contributed by atoms with Crippen LogP contribution in [0.4, 0.5) is 5.69 Å². The Kier molecular flexibility index (Phi) is 4.98. The summed E-state index contributed by atoms with van der Waals surface area (Å²) in [4.78, 5) is 2.32. The summed E-state index contributed by atoms with van der Waals surface area (Å²) in [5.74, 6) is 0. The van der Waals surface area contributed by atoms with Crippen molar-refractivity contribution in [3.63, 3.8) is 0 Å². The van der Waals surface area contributed by atoms with E-state index in [1.54, 1.807) is 19.1 Å². The third-order valence-electron chi connectivity index (χ3n) is 3.23. The maximum Gasteiger partial charge on any atom is 0.242 e. The van der Waals surface area contributed by atoms with Crippen molar-refractivity contribution in [2.24, 2.45) is 5.73 Å². The minimum absolute atomic E-state index is 0.0568. The van der Waals surface area contributed by atoms with Crippen molar-refractivity contribution < 1.29 is 13.2 Å². The number of nitrogens with one attached hydrogen (secondary N) is 1. The summed E-state index contributed by atoms with van der Waals surface area (Å²) in [7, 11) is -3.48. The van der Waals surface area contributed by atoms with Crippen molar-refractivity contribution in [1.29, 1.82) is 0 Å². The van der Waals surface area contributed by atoms with E-state index in [0.29, 0.717) is 43.4 Å². The molecule has 1 aliphatic rings. The van der Waals surface area contributed by atoms with Gasteiger partial charge in [0.25, 0.3) is 0 Å². The van der Waals surface area contributed by atoms with Gasteiger partial charge in [-0.2, -0.15) is 0 Å². The van der Waals surface area contributed by atoms with Crippen LogP contribution in [-0.2, 0) is 14.8 Å². The van der Waals surface area contributed by atoms with Crippen LogP contribution < -0.4 is 15.4 Å². The zero-order chi connectivity index (χ0) is 14.6. The number of anilines is 1. The molecule has 7 heteroatoms. The minimum atomic E-state index is -3.48. The summed E-state index contributed by atoms with van der Waals surface area (Å²) in [5, 5.41) is 0. The van der Waals surface area contributed by atoms with E-state index >= 15 is 0 Å². The zero-order valence-corrected chi connectivity index (χ0v) is 12.4. The normalized spacial score (nSPS) is 20.1. The van der Waals surface area contributed by atoms with Gasteiger partial charge in [-0.3, -0.25) is 0 Å². The molecule has 0 aliphatic carbocycles. The number of morpholine rings is 1. The number of sulfonamides is 1. The van der Waals surface area contributed by atoms with Gasteiger partial charge in [0, 0.05) is 26.2 Å². The van der Waals surface area contributed by atoms with Crippen LogP contribution in [0, 0.1) is 0 Å². The quantitative estimate of drug-likeness (QED) is 0.808. The molecule has 0 bridgehead atoms. The Morgan fingerprint density at radius 2 is 2.20 bits per heavy atom. The number of nitrogens with two attached hydrogens (primary N) is 1. The van der Waals surface area contributed by atoms with Crippen molar-refractivity contribution in [3.8, 4) is 0 Å². The predicted molar refractivity (Wildman–Crippen MR) is 78.3 cm³/mol. The number of hydrogen-bond donors (Lipinski definition) is 2. The van der Waals surface area contributed by atoms with E-state index in [1.165, 1.54) is 0 Å². The molecule has 20 heavy (non-hydrogen) atoms. The van der Waals surface area contributed by atoms with E-state index in [0.717, 1.165) is 0 Å². The maximum absolute atomic E-state index is 12.3. The first-order valence-corrected chi connectivity index (χ1v) is 8.22. The largest absolute Gasteiger partial charge is 0.373 e. The minimum Gasteiger partial charge on any atom is -0.373 e. The van der Waals surface area contributed by atoms with Gasteiger partial charge in [-0.25, -0.2) is 13.1 Å². The van der Waals surface area contributed by atoms with E-state index in [-0.39, 0.29) is 6.10 Å². The lowest BCUT2D eigenvalue weighted by Crippen LogP contribution is -2.46. The number of hydrogen-bond acceptors (Lipinski definition) is 5. The van der Waals surface area contributed by atoms with Crippen LogP contribution in [-0.4, -0.2) is 47.3 Å². The first-order chi connectivity index (χ1) is 9.58. The molecule has 1 aromatic carbocycles. The topological polar surface area (TPSA) is 84.7 Å². The van der Waals surface area contributed by atoms with Crippen molar-refractivity contribution in [2.45, 2.75) is 17.9 Å². The monoisotopic (exact) mass is 299 g/mol. The molecule has 0 aromatic heterocycles. The fourth-order valence-electron chi connectivity index (χ4n) is 2.29. The summed E-state index contributed by atoms with van der Waals surface area (Å²) < 4.78 is 32.6. The van der Waals surface area contributed by atoms with Crippen LogP contribution in [0.3, 0.4) is 0 Å². The number of para-hydroxylation sites is 1. The third-order valence-corrected chi connectivity index (χ3v) is 4.82. The SMILES string of the molecule is CCNS(=O)(=O)c1ccccc1N1CCOC(CN)C1. The molecule has 2 rings (SSSR count). The van der Waals surface area contributed by atoms with E-state index in [9.17, 15) is 8.42 Å². The molecular formula is C13H21N3O3S. The van der Waals surface area contributed by atoms with Crippen LogP contribution in [0.1, 0.15) is 6.92 Å². The Labute approximate surface area is 120 Å². The second kappa shape index (κ2) is 6.53. The Bertz CT molecular complexity index is 548. The lowest BCUT2D eigenvalue weighted by atomic mass is 10.2. The fourth-order valence-corrected chi connectivity index (χ4v) is 3.56. The highest BCUT2D eigenvalue weighted by atomic mass is 32.2. The van der Waals surface area contributed by atoms with Crippen LogP contribution in [0.25, 0.3) is 0 Å². The number of nitrogens with zero attached hydrogens (tertiary/aromatic N) is 1. The van der Waals surface area contributed by atoms with Gasteiger partial charge in [-0.1, -0.05) is 19.1 Å². The van der Waals surface area contributed by atoms with Crippen molar-refractivity contribution >= 4 is 15.7 Å². The first-order valence-electron chi connectivity index (χ1n) is 6.73. The molecular weight excluding hydrogens is 278 g/mol. The number of rotatable bonds is 5. The molecule has 1 aliphatic heterocycles. The molecule has 1 heterocycles. The molecule has 6 nitrogen and oxygen atoms in total. The van der Waals surface area contributed by atoms with Crippen molar-refractivity contribution in [2.75, 3.05) is 37.7 Å². The summed E-state index contributed by atoms with van der Waals surface area (Å²) in [5.41, 5.74) is 6.34. The van der Waals surface area contributed by atoms with Gasteiger partial charge in [0.2, 0.25) is 10.0 Å². The highest BCUT2D eigenvalue weighted by Crippen LogP contribution is 2.26. The average molecular weight is 299 g/mol. The average Bonchev–Trinajstić information content (AvgIpc) is 2.47. The maximum atomic E-state index is 12.3. The standard InChI is InChI=1S/C13H21N3O3S/c1-2-15-20(17,18)13-6-4-3-5-12(13)16-7-8-19-11(9-14)10-16/h3-6,11,15H,2,7-10,14H2,1H3. The van der Waals surface area contributed by atoms with Gasteiger partial charge in [0.1, 0.15) is 4.90 Å². The lowest BCUT2D eigenvalue weighted by molar-refractivity contribution is 0.0464. The van der Waals surface area contributed by atoms with Gasteiger partial charge in [0.05, 0.1) is 18.4 Å². The first kappa shape index (κ1) is 15.2. The molecule has 0 spiro atoms. The van der Waals surface area contributed by atoms with Gasteiger partial charge in [-0.05, 0) is 12.1 Å². The lowest BCUT2D eigenvalue weighted by Gasteiger charge is -2.34. The summed E-state index contributed by atoms with van der Waals surface area (Å²) >= 11 is 0. The molecule has 0 amide bonds. The van der Waals surface area contributed by atoms with Gasteiger partial charge in [-0.15, -0.1) is 0 Å². The van der Waals surface area contributed by atoms with Crippen LogP contribution in [0.2, 0.25) is 0 Å². The molecule has 0 radical (unpaired) electrons. The molecule has 1 atom stereocenters. The number of ether oxygens (including phenoxy) is 1. The Morgan fingerprint density at radius 1 is 1.45 bits per heavy atom. The fraction of sp³-hybridized carbons (Fsp3) is 0.538. The molecule has 1 saturated heterocycles. The Balaban J connectivity index is 2.33. The second-order valence-corrected chi connectivity index (χ2v) is 6.38. The van der Waals surface area contributed by atoms with Crippen LogP contribution in [0.5, 0.6) is 0 Å². The summed E-state index contributed by atoms with van der Waals surface area (Å²) in [6, 6.07) is 7.02. The van der Waals surface area contributed by atoms with E-state index in [4.69, 9.17) is 10.5 Å². The van der Waals surface area contributed by atoms with Crippen molar-refractivity contribution in [1.82, 2.24) is 4.72 Å². The summed E-state index contributed by atoms with van der Waals surface area (Å²) in [6.45, 7) is 4.38. The van der Waals surface area contributed by atoms with Gasteiger partial charge < -0.3 is 15.4 Å². The Hall–Kier alpha value is -1.15. The smallest absolute Gasteiger partial charge is 0.242 e. The molecule has 112 valence electrons. The molecule has 0 saturated carbocycles. The van der Waals surface area contributed by atoms with E-state index < -0.39 is 10.0 Å². The molecule has 1 aromatic rings.